The average Bonchev–Trinajstić information content (AvgIpc) is 2.79. The van der Waals surface area contributed by atoms with Crippen molar-refractivity contribution in [1.29, 1.82) is 0 Å². The van der Waals surface area contributed by atoms with Gasteiger partial charge in [-0.3, -0.25) is 4.79 Å². The second kappa shape index (κ2) is 11.0. The molecule has 0 heterocycles. The summed E-state index contributed by atoms with van der Waals surface area (Å²) >= 11 is 0. The summed E-state index contributed by atoms with van der Waals surface area (Å²) in [6.45, 7) is -0.0861. The van der Waals surface area contributed by atoms with Crippen LogP contribution in [0.5, 0.6) is 23.0 Å². The van der Waals surface area contributed by atoms with Gasteiger partial charge in [0.1, 0.15) is 0 Å². The van der Waals surface area contributed by atoms with Crippen LogP contribution in [0.3, 0.4) is 0 Å². The third-order valence-electron chi connectivity index (χ3n) is 5.14. The number of likely N-dealkylation sites (N-methyl/N-ethyl adjacent to an activating group) is 1. The molecule has 0 N–H and O–H groups in total. The van der Waals surface area contributed by atoms with Gasteiger partial charge in [0, 0.05) is 13.6 Å². The fourth-order valence-electron chi connectivity index (χ4n) is 3.35. The summed E-state index contributed by atoms with van der Waals surface area (Å²) in [5, 5.41) is 0. The van der Waals surface area contributed by atoms with E-state index in [0.717, 1.165) is 23.7 Å². The molecule has 2 rings (SSSR count). The molecule has 0 aliphatic heterocycles. The first-order valence-corrected chi connectivity index (χ1v) is 9.91. The minimum absolute atomic E-state index is 0.0861. The molecule has 0 fully saturated rings. The zero-order valence-corrected chi connectivity index (χ0v) is 18.8. The van der Waals surface area contributed by atoms with Crippen molar-refractivity contribution in [3.05, 3.63) is 47.0 Å². The Kier molecular flexibility index (Phi) is 8.63. The van der Waals surface area contributed by atoms with Crippen LogP contribution in [-0.4, -0.2) is 59.0 Å². The Balaban J connectivity index is 2.25. The summed E-state index contributed by atoms with van der Waals surface area (Å²) in [4.78, 5) is 12.1. The van der Waals surface area contributed by atoms with Gasteiger partial charge in [0.25, 0.3) is 0 Å². The summed E-state index contributed by atoms with van der Waals surface area (Å²) in [7, 11) is 7.27. The highest BCUT2D eigenvalue weighted by molar-refractivity contribution is 5.81. The van der Waals surface area contributed by atoms with Crippen molar-refractivity contribution in [2.24, 2.45) is 0 Å². The third kappa shape index (κ3) is 6.21. The molecule has 2 aromatic rings. The van der Waals surface area contributed by atoms with Gasteiger partial charge in [0.2, 0.25) is 0 Å². The maximum Gasteiger partial charge on any atom is 0.471 e. The van der Waals surface area contributed by atoms with Gasteiger partial charge in [-0.25, -0.2) is 0 Å². The first-order chi connectivity index (χ1) is 15.1. The monoisotopic (exact) mass is 455 g/mol. The Morgan fingerprint density at radius 2 is 1.28 bits per heavy atom. The molecule has 0 bridgehead atoms. The minimum Gasteiger partial charge on any atom is -0.493 e. The Morgan fingerprint density at radius 1 is 0.781 bits per heavy atom. The smallest absolute Gasteiger partial charge is 0.471 e. The summed E-state index contributed by atoms with van der Waals surface area (Å²) in [5.74, 6) is 0.371. The zero-order valence-electron chi connectivity index (χ0n) is 18.8. The normalized spacial score (nSPS) is 11.1. The van der Waals surface area contributed by atoms with E-state index < -0.39 is 12.1 Å². The third-order valence-corrected chi connectivity index (χ3v) is 5.14. The van der Waals surface area contributed by atoms with Gasteiger partial charge < -0.3 is 23.8 Å². The molecule has 0 spiro atoms. The molecule has 0 aliphatic carbocycles. The standard InChI is InChI=1S/C23H28F3NO5/c1-27(22(28)23(24,25)26)11-10-17-14-21(32-5)20(31-4)13-16(17)8-6-15-7-9-18(29-2)19(12-15)30-3/h7,9,12-14H,6,8,10-11H2,1-5H3. The first-order valence-electron chi connectivity index (χ1n) is 9.91. The van der Waals surface area contributed by atoms with Crippen molar-refractivity contribution in [3.8, 4) is 23.0 Å². The van der Waals surface area contributed by atoms with E-state index >= 15 is 0 Å². The van der Waals surface area contributed by atoms with Crippen LogP contribution in [0.1, 0.15) is 16.7 Å². The number of halogens is 3. The Bertz CT molecular complexity index is 931. The predicted octanol–water partition coefficient (Wildman–Crippen LogP) is 4.07. The van der Waals surface area contributed by atoms with Crippen LogP contribution in [0.2, 0.25) is 0 Å². The summed E-state index contributed by atoms with van der Waals surface area (Å²) < 4.78 is 59.4. The molecule has 0 aliphatic rings. The average molecular weight is 455 g/mol. The number of carbonyl (C=O) groups excluding carboxylic acids is 1. The van der Waals surface area contributed by atoms with Crippen molar-refractivity contribution in [2.75, 3.05) is 42.0 Å². The predicted molar refractivity (Wildman–Crippen MR) is 114 cm³/mol. The number of alkyl halides is 3. The highest BCUT2D eigenvalue weighted by atomic mass is 19.4. The van der Waals surface area contributed by atoms with Crippen LogP contribution in [0.15, 0.2) is 30.3 Å². The highest BCUT2D eigenvalue weighted by Gasteiger charge is 2.41. The molecule has 0 saturated carbocycles. The second-order valence-corrected chi connectivity index (χ2v) is 7.14. The van der Waals surface area contributed by atoms with E-state index in [1.165, 1.54) is 14.2 Å². The molecule has 0 radical (unpaired) electrons. The maximum absolute atomic E-state index is 12.7. The van der Waals surface area contributed by atoms with Gasteiger partial charge in [-0.1, -0.05) is 6.07 Å². The number of rotatable bonds is 10. The fraction of sp³-hybridized carbons (Fsp3) is 0.435. The quantitative estimate of drug-likeness (QED) is 0.541. The van der Waals surface area contributed by atoms with Crippen LogP contribution in [0.4, 0.5) is 13.2 Å². The highest BCUT2D eigenvalue weighted by Crippen LogP contribution is 2.33. The van der Waals surface area contributed by atoms with Crippen LogP contribution in [-0.2, 0) is 24.1 Å². The number of carbonyl (C=O) groups is 1. The van der Waals surface area contributed by atoms with Crippen molar-refractivity contribution in [1.82, 2.24) is 4.90 Å². The SMILES string of the molecule is COc1ccc(CCc2cc(OC)c(OC)cc2CCN(C)C(=O)C(F)(F)F)cc1OC. The van der Waals surface area contributed by atoms with E-state index in [1.807, 2.05) is 24.3 Å². The largest absolute Gasteiger partial charge is 0.493 e. The van der Waals surface area contributed by atoms with Crippen LogP contribution < -0.4 is 18.9 Å². The van der Waals surface area contributed by atoms with E-state index in [9.17, 15) is 18.0 Å². The maximum atomic E-state index is 12.7. The number of hydrogen-bond donors (Lipinski definition) is 0. The van der Waals surface area contributed by atoms with Gasteiger partial charge in [-0.05, 0) is 60.2 Å². The molecule has 9 heteroatoms. The van der Waals surface area contributed by atoms with Crippen molar-refractivity contribution in [3.63, 3.8) is 0 Å². The second-order valence-electron chi connectivity index (χ2n) is 7.14. The number of nitrogens with zero attached hydrogens (tertiary/aromatic N) is 1. The summed E-state index contributed by atoms with van der Waals surface area (Å²) in [6, 6.07) is 9.20. The molecular formula is C23H28F3NO5. The molecule has 32 heavy (non-hydrogen) atoms. The molecule has 0 saturated heterocycles. The number of aryl methyl sites for hydroxylation is 2. The number of ether oxygens (including phenoxy) is 4. The molecular weight excluding hydrogens is 427 g/mol. The van der Waals surface area contributed by atoms with Crippen LogP contribution in [0.25, 0.3) is 0 Å². The number of amides is 1. The Hall–Kier alpha value is -3.10. The Labute approximate surface area is 185 Å². The molecule has 6 nitrogen and oxygen atoms in total. The van der Waals surface area contributed by atoms with E-state index in [4.69, 9.17) is 18.9 Å². The van der Waals surface area contributed by atoms with E-state index in [2.05, 4.69) is 0 Å². The molecule has 2 aromatic carbocycles. The van der Waals surface area contributed by atoms with E-state index in [-0.39, 0.29) is 13.0 Å². The fourth-order valence-corrected chi connectivity index (χ4v) is 3.35. The van der Waals surface area contributed by atoms with Gasteiger partial charge in [-0.15, -0.1) is 0 Å². The number of hydrogen-bond acceptors (Lipinski definition) is 5. The lowest BCUT2D eigenvalue weighted by molar-refractivity contribution is -0.184. The first kappa shape index (κ1) is 25.2. The molecule has 1 amide bonds. The van der Waals surface area contributed by atoms with Crippen LogP contribution >= 0.6 is 0 Å². The summed E-state index contributed by atoms with van der Waals surface area (Å²) in [6.07, 6.45) is -3.41. The van der Waals surface area contributed by atoms with E-state index in [0.29, 0.717) is 40.7 Å². The van der Waals surface area contributed by atoms with Crippen molar-refractivity contribution >= 4 is 5.91 Å². The lowest BCUT2D eigenvalue weighted by atomic mass is 9.96. The van der Waals surface area contributed by atoms with Crippen molar-refractivity contribution in [2.45, 2.75) is 25.4 Å². The van der Waals surface area contributed by atoms with Gasteiger partial charge in [0.05, 0.1) is 28.4 Å². The van der Waals surface area contributed by atoms with E-state index in [1.54, 1.807) is 20.3 Å². The van der Waals surface area contributed by atoms with Crippen molar-refractivity contribution < 1.29 is 36.9 Å². The Morgan fingerprint density at radius 3 is 1.78 bits per heavy atom. The molecule has 176 valence electrons. The zero-order chi connectivity index (χ0) is 23.9. The summed E-state index contributed by atoms with van der Waals surface area (Å²) in [5.41, 5.74) is 2.68. The topological polar surface area (TPSA) is 57.2 Å². The number of benzene rings is 2. The molecule has 0 unspecified atom stereocenters. The molecule has 0 aromatic heterocycles. The van der Waals surface area contributed by atoms with Gasteiger partial charge >= 0.3 is 12.1 Å². The van der Waals surface area contributed by atoms with Crippen LogP contribution in [0, 0.1) is 0 Å². The molecule has 0 atom stereocenters. The lowest BCUT2D eigenvalue weighted by Gasteiger charge is -2.20. The van der Waals surface area contributed by atoms with Gasteiger partial charge in [-0.2, -0.15) is 13.2 Å². The minimum atomic E-state index is -4.90. The van der Waals surface area contributed by atoms with Gasteiger partial charge in [0.15, 0.2) is 23.0 Å². The number of methoxy groups -OCH3 is 4. The lowest BCUT2D eigenvalue weighted by Crippen LogP contribution is -2.39.